The highest BCUT2D eigenvalue weighted by molar-refractivity contribution is 6.11. The number of nitrogens with one attached hydrogen (secondary N) is 6. The molecule has 0 spiro atoms. The predicted molar refractivity (Wildman–Crippen MR) is 233 cm³/mol. The molecule has 64 heavy (non-hydrogen) atoms. The second kappa shape index (κ2) is 23.4. The lowest BCUT2D eigenvalue weighted by atomic mass is 9.96. The number of aromatic nitrogens is 1. The summed E-state index contributed by atoms with van der Waals surface area (Å²) in [5, 5.41) is 50.8. The number of carbonyl (C=O) groups is 5. The molecule has 1 unspecified atom stereocenters. The van der Waals surface area contributed by atoms with E-state index in [2.05, 4.69) is 36.9 Å². The van der Waals surface area contributed by atoms with E-state index >= 15 is 0 Å². The van der Waals surface area contributed by atoms with Gasteiger partial charge in [-0.2, -0.15) is 0 Å². The number of benzene rings is 3. The van der Waals surface area contributed by atoms with Gasteiger partial charge in [-0.15, -0.1) is 0 Å². The van der Waals surface area contributed by atoms with E-state index in [4.69, 9.17) is 19.9 Å². The first kappa shape index (κ1) is 48.7. The Morgan fingerprint density at radius 2 is 1.62 bits per heavy atom. The van der Waals surface area contributed by atoms with Gasteiger partial charge >= 0.3 is 0 Å². The molecule has 1 aromatic heterocycles. The Morgan fingerprint density at radius 1 is 0.922 bits per heavy atom. The predicted octanol–water partition coefficient (Wildman–Crippen LogP) is 0.242. The number of carbonyl (C=O) groups excluding carboxylic acids is 5. The van der Waals surface area contributed by atoms with E-state index in [1.54, 1.807) is 12.1 Å². The van der Waals surface area contributed by atoms with Gasteiger partial charge < -0.3 is 62.1 Å². The second-order valence-electron chi connectivity index (χ2n) is 15.2. The number of nitro groups is 1. The maximum atomic E-state index is 13.2. The molecular weight excluding hydrogens is 835 g/mol. The van der Waals surface area contributed by atoms with E-state index < -0.39 is 89.9 Å². The minimum atomic E-state index is -1.50. The van der Waals surface area contributed by atoms with Crippen LogP contribution in [0.5, 0.6) is 0 Å². The molecule has 10 N–H and O–H groups in total. The maximum absolute atomic E-state index is 13.2. The molecule has 5 amide bonds. The quantitative estimate of drug-likeness (QED) is 0.0209. The van der Waals surface area contributed by atoms with Crippen molar-refractivity contribution in [3.8, 4) is 0 Å². The van der Waals surface area contributed by atoms with Crippen molar-refractivity contribution in [2.75, 3.05) is 38.1 Å². The fraction of sp³-hybridized carbons (Fsp3) is 0.442. The summed E-state index contributed by atoms with van der Waals surface area (Å²) in [6.45, 7) is 4.87. The average molecular weight is 890 g/mol. The zero-order valence-electron chi connectivity index (χ0n) is 35.7. The van der Waals surface area contributed by atoms with Gasteiger partial charge in [0.1, 0.15) is 47.9 Å². The molecular formula is C43H55N9O12. The number of hydrogen-bond acceptors (Lipinski definition) is 15. The van der Waals surface area contributed by atoms with Crippen LogP contribution in [-0.2, 0) is 44.8 Å². The largest absolute Gasteiger partial charge is 0.394 e. The minimum absolute atomic E-state index is 0.0580. The van der Waals surface area contributed by atoms with Crippen molar-refractivity contribution in [1.29, 1.82) is 0 Å². The number of ether oxygens (including phenoxy) is 3. The SMILES string of the molecule is CC(=O)N[C@@H]1[C@H](OCc2ccccc2)O[C@@H](CO)[C@@H](O)[C@@H]1OC(C)C(=O)N[C@@H](C)C(=O)N[C@H](CCC(=O)NCCNCCNc1c2ccccc2nc2cccc([N+](=O)[O-])c12)C(N)=O. The van der Waals surface area contributed by atoms with Gasteiger partial charge in [-0.05, 0) is 38.0 Å². The topological polar surface area (TPSA) is 308 Å². The van der Waals surface area contributed by atoms with E-state index in [9.17, 15) is 44.3 Å². The van der Waals surface area contributed by atoms with Crippen LogP contribution in [0.3, 0.4) is 0 Å². The number of primary amides is 1. The van der Waals surface area contributed by atoms with Crippen LogP contribution in [0, 0.1) is 10.1 Å². The third kappa shape index (κ3) is 13.1. The summed E-state index contributed by atoms with van der Waals surface area (Å²) in [4.78, 5) is 79.4. The van der Waals surface area contributed by atoms with E-state index in [1.807, 2.05) is 54.6 Å². The van der Waals surface area contributed by atoms with Crippen molar-refractivity contribution in [3.05, 3.63) is 88.5 Å². The van der Waals surface area contributed by atoms with Gasteiger partial charge in [0.05, 0.1) is 34.9 Å². The number of anilines is 1. The lowest BCUT2D eigenvalue weighted by Gasteiger charge is -2.44. The number of pyridine rings is 1. The first-order chi connectivity index (χ1) is 30.7. The molecule has 5 rings (SSSR count). The Kier molecular flexibility index (Phi) is 17.8. The monoisotopic (exact) mass is 889 g/mol. The van der Waals surface area contributed by atoms with Crippen LogP contribution in [0.4, 0.5) is 11.4 Å². The molecule has 0 bridgehead atoms. The molecule has 344 valence electrons. The van der Waals surface area contributed by atoms with Gasteiger partial charge in [-0.3, -0.25) is 34.1 Å². The number of nitrogens with two attached hydrogens (primary N) is 1. The summed E-state index contributed by atoms with van der Waals surface area (Å²) in [6, 6.07) is 17.6. The molecule has 1 fully saturated rings. The summed E-state index contributed by atoms with van der Waals surface area (Å²) < 4.78 is 17.6. The van der Waals surface area contributed by atoms with Gasteiger partial charge in [0.2, 0.25) is 29.5 Å². The Hall–Kier alpha value is -6.36. The number of nitro benzene ring substituents is 1. The number of fused-ring (bicyclic) bond motifs is 2. The highest BCUT2D eigenvalue weighted by atomic mass is 16.7. The summed E-state index contributed by atoms with van der Waals surface area (Å²) in [5.41, 5.74) is 8.04. The molecule has 2 heterocycles. The first-order valence-electron chi connectivity index (χ1n) is 20.8. The summed E-state index contributed by atoms with van der Waals surface area (Å²) in [5.74, 6) is -3.37. The molecule has 8 atom stereocenters. The number of rotatable bonds is 23. The Morgan fingerprint density at radius 3 is 2.33 bits per heavy atom. The highest BCUT2D eigenvalue weighted by Gasteiger charge is 2.48. The number of hydrogen-bond donors (Lipinski definition) is 9. The lowest BCUT2D eigenvalue weighted by molar-refractivity contribution is -0.383. The van der Waals surface area contributed by atoms with Crippen molar-refractivity contribution < 1.29 is 53.3 Å². The van der Waals surface area contributed by atoms with Crippen molar-refractivity contribution in [2.24, 2.45) is 5.73 Å². The lowest BCUT2D eigenvalue weighted by Crippen LogP contribution is -2.66. The molecule has 4 aromatic rings. The minimum Gasteiger partial charge on any atom is -0.394 e. The zero-order valence-corrected chi connectivity index (χ0v) is 35.7. The molecule has 0 saturated carbocycles. The molecule has 21 heteroatoms. The smallest absolute Gasteiger partial charge is 0.280 e. The first-order valence-corrected chi connectivity index (χ1v) is 20.8. The van der Waals surface area contributed by atoms with Crippen LogP contribution in [0.2, 0.25) is 0 Å². The molecule has 1 aliphatic heterocycles. The van der Waals surface area contributed by atoms with Crippen molar-refractivity contribution in [3.63, 3.8) is 0 Å². The third-order valence-electron chi connectivity index (χ3n) is 10.4. The van der Waals surface area contributed by atoms with Crippen molar-refractivity contribution in [1.82, 2.24) is 31.6 Å². The maximum Gasteiger partial charge on any atom is 0.280 e. The van der Waals surface area contributed by atoms with E-state index in [1.165, 1.54) is 26.8 Å². The van der Waals surface area contributed by atoms with Crippen molar-refractivity contribution >= 4 is 62.7 Å². The average Bonchev–Trinajstić information content (AvgIpc) is 3.27. The molecule has 21 nitrogen and oxygen atoms in total. The van der Waals surface area contributed by atoms with Crippen molar-refractivity contribution in [2.45, 2.75) is 89.1 Å². The number of para-hydroxylation sites is 1. The second-order valence-corrected chi connectivity index (χ2v) is 15.2. The van der Waals surface area contributed by atoms with E-state index in [0.29, 0.717) is 41.7 Å². The fourth-order valence-electron chi connectivity index (χ4n) is 7.10. The van der Waals surface area contributed by atoms with Crippen LogP contribution in [-0.4, -0.2) is 131 Å². The third-order valence-corrected chi connectivity index (χ3v) is 10.4. The van der Waals surface area contributed by atoms with Crippen LogP contribution in [0.25, 0.3) is 21.8 Å². The van der Waals surface area contributed by atoms with Crippen LogP contribution in [0.1, 0.15) is 39.2 Å². The summed E-state index contributed by atoms with van der Waals surface area (Å²) >= 11 is 0. The van der Waals surface area contributed by atoms with Crippen LogP contribution >= 0.6 is 0 Å². The molecule has 0 radical (unpaired) electrons. The van der Waals surface area contributed by atoms with Gasteiger partial charge in [0.15, 0.2) is 6.29 Å². The molecule has 3 aromatic carbocycles. The number of non-ortho nitro benzene ring substituents is 1. The molecule has 1 saturated heterocycles. The standard InChI is InChI=1S/C43H55N9O12/c1-24(48-42(59)25(2)63-39-37(49-26(3)54)43(64-33(22-53)38(39)56)62-23-27-10-5-4-6-11-27)41(58)51-31(40(44)57)16-17-34(55)46-20-18-45-19-21-47-36-28-12-7-8-13-29(28)50-30-14-9-15-32(35(30)36)52(60)61/h4-15,24-25,31,33,37-39,43,45,53,56H,16-23H2,1-3H3,(H2,44,57)(H,46,55)(H,47,50)(H,48,59)(H,49,54)(H,51,58)/t24-,25?,31+,33-,37-,38+,39+,43+/m0/s1. The summed E-state index contributed by atoms with van der Waals surface area (Å²) in [7, 11) is 0. The Labute approximate surface area is 368 Å². The van der Waals surface area contributed by atoms with Gasteiger partial charge in [-0.25, -0.2) is 4.98 Å². The number of aliphatic hydroxyl groups is 2. The van der Waals surface area contributed by atoms with E-state index in [0.717, 1.165) is 10.9 Å². The van der Waals surface area contributed by atoms with Gasteiger partial charge in [-0.1, -0.05) is 54.6 Å². The van der Waals surface area contributed by atoms with Gasteiger partial charge in [0.25, 0.3) is 5.69 Å². The zero-order chi connectivity index (χ0) is 46.3. The van der Waals surface area contributed by atoms with Crippen LogP contribution in [0.15, 0.2) is 72.8 Å². The van der Waals surface area contributed by atoms with Crippen LogP contribution < -0.4 is 37.6 Å². The number of amides is 5. The molecule has 1 aliphatic rings. The fourth-order valence-corrected chi connectivity index (χ4v) is 7.10. The van der Waals surface area contributed by atoms with Gasteiger partial charge in [0, 0.05) is 51.0 Å². The Balaban J connectivity index is 1.05. The molecule has 0 aliphatic carbocycles. The number of nitrogens with zero attached hydrogens (tertiary/aromatic N) is 2. The number of aliphatic hydroxyl groups excluding tert-OH is 2. The Bertz CT molecular complexity index is 2270. The summed E-state index contributed by atoms with van der Waals surface area (Å²) in [6.07, 6.45) is -6.78. The van der Waals surface area contributed by atoms with E-state index in [-0.39, 0.29) is 31.7 Å². The highest BCUT2D eigenvalue weighted by Crippen LogP contribution is 2.36. The normalized spacial score (nSPS) is 19.8.